The quantitative estimate of drug-likeness (QED) is 0.694. The summed E-state index contributed by atoms with van der Waals surface area (Å²) < 4.78 is 26.9. The highest BCUT2D eigenvalue weighted by Gasteiger charge is 2.32. The van der Waals surface area contributed by atoms with Crippen LogP contribution in [0, 0.1) is 0 Å². The number of benzene rings is 2. The Balaban J connectivity index is 1.76. The second-order valence-corrected chi connectivity index (χ2v) is 7.36. The molecule has 0 radical (unpaired) electrons. The predicted octanol–water partition coefficient (Wildman–Crippen LogP) is 3.22. The van der Waals surface area contributed by atoms with Crippen LogP contribution in [-0.4, -0.2) is 45.4 Å². The Morgan fingerprint density at radius 1 is 1.07 bits per heavy atom. The van der Waals surface area contributed by atoms with Gasteiger partial charge < -0.3 is 29.0 Å². The minimum absolute atomic E-state index is 0.134. The van der Waals surface area contributed by atoms with E-state index in [1.165, 1.54) is 33.5 Å². The summed E-state index contributed by atoms with van der Waals surface area (Å²) in [5.74, 6) is 0.765. The van der Waals surface area contributed by atoms with E-state index in [0.717, 1.165) is 12.0 Å². The van der Waals surface area contributed by atoms with Crippen LogP contribution in [-0.2, 0) is 16.0 Å². The lowest BCUT2D eigenvalue weighted by Crippen LogP contribution is -2.25. The zero-order valence-electron chi connectivity index (χ0n) is 17.7. The maximum Gasteiger partial charge on any atom is 0.340 e. The Kier molecular flexibility index (Phi) is 6.05. The number of carbonyl (C=O) groups excluding carboxylic acids is 2. The van der Waals surface area contributed by atoms with Crippen LogP contribution in [0.15, 0.2) is 30.3 Å². The fourth-order valence-electron chi connectivity index (χ4n) is 3.29. The van der Waals surface area contributed by atoms with Gasteiger partial charge in [-0.25, -0.2) is 4.79 Å². The van der Waals surface area contributed by atoms with Crippen LogP contribution in [0.2, 0.25) is 0 Å². The summed E-state index contributed by atoms with van der Waals surface area (Å²) in [4.78, 5) is 24.7. The highest BCUT2D eigenvalue weighted by atomic mass is 16.5. The second kappa shape index (κ2) is 8.52. The molecule has 160 valence electrons. The second-order valence-electron chi connectivity index (χ2n) is 7.36. The van der Waals surface area contributed by atoms with Gasteiger partial charge in [0.25, 0.3) is 5.91 Å². The van der Waals surface area contributed by atoms with Gasteiger partial charge in [-0.05, 0) is 19.9 Å². The van der Waals surface area contributed by atoms with Crippen molar-refractivity contribution >= 4 is 17.6 Å². The van der Waals surface area contributed by atoms with Gasteiger partial charge in [0.2, 0.25) is 0 Å². The Morgan fingerprint density at radius 2 is 1.77 bits per heavy atom. The molecule has 0 fully saturated rings. The molecule has 1 aliphatic rings. The fraction of sp³-hybridized carbons (Fsp3) is 0.364. The van der Waals surface area contributed by atoms with Gasteiger partial charge in [0.05, 0.1) is 32.6 Å². The first-order valence-corrected chi connectivity index (χ1v) is 9.36. The summed E-state index contributed by atoms with van der Waals surface area (Å²) in [6.07, 6.45) is 0.764. The third-order valence-electron chi connectivity index (χ3n) is 4.62. The van der Waals surface area contributed by atoms with Gasteiger partial charge in [-0.2, -0.15) is 0 Å². The van der Waals surface area contributed by atoms with E-state index in [2.05, 4.69) is 5.32 Å². The average Bonchev–Trinajstić information content (AvgIpc) is 3.05. The van der Waals surface area contributed by atoms with Crippen LogP contribution in [0.5, 0.6) is 23.0 Å². The normalized spacial score (nSPS) is 13.6. The van der Waals surface area contributed by atoms with E-state index in [0.29, 0.717) is 23.0 Å². The lowest BCUT2D eigenvalue weighted by molar-refractivity contribution is -0.118. The molecule has 1 aliphatic heterocycles. The summed E-state index contributed by atoms with van der Waals surface area (Å²) in [7, 11) is 4.17. The van der Waals surface area contributed by atoms with E-state index in [9.17, 15) is 9.59 Å². The summed E-state index contributed by atoms with van der Waals surface area (Å²) in [5, 5.41) is 2.66. The number of methoxy groups -OCH3 is 3. The Hall–Kier alpha value is -3.42. The molecule has 2 aromatic rings. The maximum atomic E-state index is 12.5. The number of ether oxygens (including phenoxy) is 5. The standard InChI is InChI=1S/C22H25NO7/c1-22(2)11-13-7-6-8-16(20(13)30-22)29-12-19(24)23-15-10-18(27-4)17(26-3)9-14(15)21(25)28-5/h6-10H,11-12H2,1-5H3,(H,23,24). The molecule has 0 aliphatic carbocycles. The molecule has 3 rings (SSSR count). The van der Waals surface area contributed by atoms with Gasteiger partial charge in [0.15, 0.2) is 29.6 Å². The van der Waals surface area contributed by atoms with Gasteiger partial charge in [0, 0.05) is 24.1 Å². The molecular formula is C22H25NO7. The Bertz CT molecular complexity index is 968. The monoisotopic (exact) mass is 415 g/mol. The first kappa shape index (κ1) is 21.3. The lowest BCUT2D eigenvalue weighted by atomic mass is 10.0. The maximum absolute atomic E-state index is 12.5. The molecule has 0 aromatic heterocycles. The molecule has 0 spiro atoms. The van der Waals surface area contributed by atoms with Crippen molar-refractivity contribution < 1.29 is 33.3 Å². The Labute approximate surface area is 175 Å². The van der Waals surface area contributed by atoms with E-state index >= 15 is 0 Å². The van der Waals surface area contributed by atoms with Crippen molar-refractivity contribution in [1.82, 2.24) is 0 Å². The molecular weight excluding hydrogens is 390 g/mol. The zero-order valence-corrected chi connectivity index (χ0v) is 17.7. The number of hydrogen-bond donors (Lipinski definition) is 1. The minimum Gasteiger partial charge on any atom is -0.493 e. The summed E-state index contributed by atoms with van der Waals surface area (Å²) in [6.45, 7) is 3.72. The smallest absolute Gasteiger partial charge is 0.340 e. The van der Waals surface area contributed by atoms with E-state index in [1.54, 1.807) is 6.07 Å². The fourth-order valence-corrected chi connectivity index (χ4v) is 3.29. The number of esters is 1. The van der Waals surface area contributed by atoms with E-state index < -0.39 is 11.9 Å². The van der Waals surface area contributed by atoms with Crippen molar-refractivity contribution in [3.8, 4) is 23.0 Å². The molecule has 8 nitrogen and oxygen atoms in total. The number of hydrogen-bond acceptors (Lipinski definition) is 7. The van der Waals surface area contributed by atoms with Gasteiger partial charge in [0.1, 0.15) is 5.60 Å². The van der Waals surface area contributed by atoms with Crippen molar-refractivity contribution in [3.05, 3.63) is 41.5 Å². The highest BCUT2D eigenvalue weighted by Crippen LogP contribution is 2.41. The van der Waals surface area contributed by atoms with Crippen LogP contribution in [0.1, 0.15) is 29.8 Å². The molecule has 1 heterocycles. The summed E-state index contributed by atoms with van der Waals surface area (Å²) in [5.41, 5.74) is 1.07. The van der Waals surface area contributed by atoms with Gasteiger partial charge in [-0.15, -0.1) is 0 Å². The van der Waals surface area contributed by atoms with Crippen molar-refractivity contribution in [1.29, 1.82) is 0 Å². The molecule has 0 unspecified atom stereocenters. The van der Waals surface area contributed by atoms with E-state index in [-0.39, 0.29) is 23.5 Å². The molecule has 1 amide bonds. The average molecular weight is 415 g/mol. The molecule has 8 heteroatoms. The third kappa shape index (κ3) is 4.42. The molecule has 0 saturated heterocycles. The highest BCUT2D eigenvalue weighted by molar-refractivity contribution is 6.02. The molecule has 0 atom stereocenters. The first-order chi connectivity index (χ1) is 14.3. The van der Waals surface area contributed by atoms with E-state index in [4.69, 9.17) is 23.7 Å². The molecule has 2 aromatic carbocycles. The summed E-state index contributed by atoms with van der Waals surface area (Å²) >= 11 is 0. The number of rotatable bonds is 7. The third-order valence-corrected chi connectivity index (χ3v) is 4.62. The number of carbonyl (C=O) groups is 2. The molecule has 0 bridgehead atoms. The van der Waals surface area contributed by atoms with E-state index in [1.807, 2.05) is 26.0 Å². The largest absolute Gasteiger partial charge is 0.493 e. The number of nitrogens with one attached hydrogen (secondary N) is 1. The number of para-hydroxylation sites is 1. The van der Waals surface area contributed by atoms with Crippen LogP contribution in [0.25, 0.3) is 0 Å². The zero-order chi connectivity index (χ0) is 21.9. The van der Waals surface area contributed by atoms with Crippen molar-refractivity contribution in [3.63, 3.8) is 0 Å². The van der Waals surface area contributed by atoms with Crippen LogP contribution >= 0.6 is 0 Å². The van der Waals surface area contributed by atoms with Gasteiger partial charge >= 0.3 is 5.97 Å². The summed E-state index contributed by atoms with van der Waals surface area (Å²) in [6, 6.07) is 8.53. The van der Waals surface area contributed by atoms with Gasteiger partial charge in [-0.1, -0.05) is 12.1 Å². The number of anilines is 1. The minimum atomic E-state index is -0.622. The molecule has 30 heavy (non-hydrogen) atoms. The van der Waals surface area contributed by atoms with Crippen LogP contribution in [0.4, 0.5) is 5.69 Å². The SMILES string of the molecule is COC(=O)c1cc(OC)c(OC)cc1NC(=O)COc1cccc2c1OC(C)(C)C2. The predicted molar refractivity (Wildman–Crippen MR) is 110 cm³/mol. The first-order valence-electron chi connectivity index (χ1n) is 9.36. The lowest BCUT2D eigenvalue weighted by Gasteiger charge is -2.18. The number of amides is 1. The Morgan fingerprint density at radius 3 is 2.43 bits per heavy atom. The van der Waals surface area contributed by atoms with Crippen molar-refractivity contribution in [2.45, 2.75) is 25.9 Å². The van der Waals surface area contributed by atoms with Crippen LogP contribution in [0.3, 0.4) is 0 Å². The molecule has 1 N–H and O–H groups in total. The van der Waals surface area contributed by atoms with Gasteiger partial charge in [-0.3, -0.25) is 4.79 Å². The number of fused-ring (bicyclic) bond motifs is 1. The van der Waals surface area contributed by atoms with Crippen molar-refractivity contribution in [2.75, 3.05) is 33.3 Å². The topological polar surface area (TPSA) is 92.3 Å². The molecule has 0 saturated carbocycles. The van der Waals surface area contributed by atoms with Crippen molar-refractivity contribution in [2.24, 2.45) is 0 Å². The van der Waals surface area contributed by atoms with Crippen LogP contribution < -0.4 is 24.3 Å².